The molecule has 1 saturated heterocycles. The van der Waals surface area contributed by atoms with Gasteiger partial charge in [-0.2, -0.15) is 5.10 Å². The van der Waals surface area contributed by atoms with E-state index in [2.05, 4.69) is 55.5 Å². The molecule has 7 N–H and O–H groups in total. The molecule has 2 aliphatic carbocycles. The molecular formula is C37H47N11O3. The van der Waals surface area contributed by atoms with Gasteiger partial charge >= 0.3 is 0 Å². The smallest absolute Gasteiger partial charge is 0.269 e. The Morgan fingerprint density at radius 3 is 2.43 bits per heavy atom. The minimum Gasteiger partial charge on any atom is -0.393 e. The number of carbonyl (C=O) groups is 3. The molecule has 2 saturated carbocycles. The lowest BCUT2D eigenvalue weighted by atomic mass is 9.91. The molecule has 3 aromatic rings. The molecule has 14 nitrogen and oxygen atoms in total. The zero-order chi connectivity index (χ0) is 36.0. The first-order valence-corrected chi connectivity index (χ1v) is 17.7. The SMILES string of the molecule is CCC1c2c(cnn2C2CN(Cc3ccc(C(=O)N(C)C)cn3)C2)-c2cccc(NC(/C=C(\N)NC(=O)C3CC3)=C(/N)C(=O)NC3CC3)c2N1C. The van der Waals surface area contributed by atoms with E-state index < -0.39 is 0 Å². The number of hydrogen-bond acceptors (Lipinski definition) is 10. The summed E-state index contributed by atoms with van der Waals surface area (Å²) in [6.07, 6.45) is 9.51. The molecule has 51 heavy (non-hydrogen) atoms. The van der Waals surface area contributed by atoms with Gasteiger partial charge in [-0.3, -0.25) is 28.9 Å². The zero-order valence-electron chi connectivity index (χ0n) is 29.6. The van der Waals surface area contributed by atoms with Gasteiger partial charge in [0, 0.05) is 76.1 Å². The van der Waals surface area contributed by atoms with Crippen molar-refractivity contribution in [2.24, 2.45) is 17.4 Å². The highest BCUT2D eigenvalue weighted by Crippen LogP contribution is 2.49. The Bertz CT molecular complexity index is 1900. The number of hydrogen-bond donors (Lipinski definition) is 5. The molecule has 1 aromatic carbocycles. The van der Waals surface area contributed by atoms with Crippen LogP contribution in [0.4, 0.5) is 11.4 Å². The van der Waals surface area contributed by atoms with Crippen LogP contribution in [0.3, 0.4) is 0 Å². The van der Waals surface area contributed by atoms with Crippen LogP contribution in [-0.2, 0) is 16.1 Å². The molecule has 0 spiro atoms. The molecule has 0 bridgehead atoms. The van der Waals surface area contributed by atoms with Gasteiger partial charge in [0.25, 0.3) is 11.8 Å². The third-order valence-corrected chi connectivity index (χ3v) is 10.1. The van der Waals surface area contributed by atoms with Gasteiger partial charge < -0.3 is 37.2 Å². The van der Waals surface area contributed by atoms with Crippen LogP contribution in [0.1, 0.15) is 72.9 Å². The van der Waals surface area contributed by atoms with Gasteiger partial charge in [-0.15, -0.1) is 0 Å². The van der Waals surface area contributed by atoms with Crippen LogP contribution in [0.2, 0.25) is 0 Å². The van der Waals surface area contributed by atoms with E-state index in [-0.39, 0.29) is 53.3 Å². The third kappa shape index (κ3) is 7.00. The normalized spacial score (nSPS) is 19.3. The highest BCUT2D eigenvalue weighted by Gasteiger charge is 2.38. The molecule has 2 aliphatic heterocycles. The lowest BCUT2D eigenvalue weighted by Crippen LogP contribution is -2.48. The number of aromatic nitrogens is 3. The first kappa shape index (κ1) is 34.1. The minimum absolute atomic E-state index is 0.00938. The maximum absolute atomic E-state index is 13.1. The van der Waals surface area contributed by atoms with E-state index in [1.165, 1.54) is 11.8 Å². The Balaban J connectivity index is 1.13. The molecule has 4 heterocycles. The molecule has 1 unspecified atom stereocenters. The zero-order valence-corrected chi connectivity index (χ0v) is 29.6. The number of nitrogens with one attached hydrogen (secondary N) is 3. The molecule has 0 radical (unpaired) electrons. The monoisotopic (exact) mass is 693 g/mol. The van der Waals surface area contributed by atoms with Gasteiger partial charge in [0.15, 0.2) is 0 Å². The minimum atomic E-state index is -0.382. The van der Waals surface area contributed by atoms with Crippen LogP contribution in [0.25, 0.3) is 11.1 Å². The van der Waals surface area contributed by atoms with Crippen molar-refractivity contribution >= 4 is 29.1 Å². The van der Waals surface area contributed by atoms with Crippen molar-refractivity contribution in [2.45, 2.75) is 63.7 Å². The number of nitrogens with two attached hydrogens (primary N) is 2. The standard InChI is InChI=1S/C37H47N11O3/c1-5-30-34-27(17-41-48(34)25-19-47(20-25)18-24-12-11-22(16-40-24)37(51)45(2)3)26-7-6-8-28(33(26)46(30)4)43-29(32(39)36(50)42-23-13-14-23)15-31(38)44-35(49)21-9-10-21/h6-8,11-12,15-17,21,23,25,30,43H,5,9-10,13-14,18-20,38-39H2,1-4H3,(H,42,50)(H,44,49)/b31-15+,32-29+. The number of pyridine rings is 1. The predicted octanol–water partition coefficient (Wildman–Crippen LogP) is 2.79. The molecule has 2 aromatic heterocycles. The number of para-hydroxylation sites is 1. The fourth-order valence-electron chi connectivity index (χ4n) is 6.93. The second-order valence-electron chi connectivity index (χ2n) is 14.3. The summed E-state index contributed by atoms with van der Waals surface area (Å²) in [5.41, 5.74) is 19.5. The van der Waals surface area contributed by atoms with Crippen LogP contribution in [0.15, 0.2) is 66.0 Å². The van der Waals surface area contributed by atoms with Crippen molar-refractivity contribution in [1.29, 1.82) is 0 Å². The van der Waals surface area contributed by atoms with Gasteiger partial charge in [0.05, 0.1) is 52.3 Å². The quantitative estimate of drug-likeness (QED) is 0.140. The summed E-state index contributed by atoms with van der Waals surface area (Å²) in [7, 11) is 5.54. The van der Waals surface area contributed by atoms with Crippen LogP contribution in [0.5, 0.6) is 0 Å². The Kier molecular flexibility index (Phi) is 9.19. The van der Waals surface area contributed by atoms with E-state index in [1.807, 2.05) is 30.5 Å². The van der Waals surface area contributed by atoms with Gasteiger partial charge in [-0.05, 0) is 50.3 Å². The fourth-order valence-corrected chi connectivity index (χ4v) is 6.93. The van der Waals surface area contributed by atoms with E-state index >= 15 is 0 Å². The number of fused-ring (bicyclic) bond motifs is 3. The third-order valence-electron chi connectivity index (χ3n) is 10.1. The summed E-state index contributed by atoms with van der Waals surface area (Å²) in [6.45, 7) is 4.55. The van der Waals surface area contributed by atoms with E-state index in [0.29, 0.717) is 17.8 Å². The Labute approximate surface area is 297 Å². The first-order chi connectivity index (χ1) is 24.5. The highest BCUT2D eigenvalue weighted by molar-refractivity contribution is 5.97. The van der Waals surface area contributed by atoms with Crippen molar-refractivity contribution in [3.8, 4) is 11.1 Å². The second kappa shape index (κ2) is 13.7. The van der Waals surface area contributed by atoms with Gasteiger partial charge in [-0.25, -0.2) is 0 Å². The lowest BCUT2D eigenvalue weighted by molar-refractivity contribution is -0.121. The van der Waals surface area contributed by atoms with Crippen LogP contribution in [-0.4, -0.2) is 82.6 Å². The highest BCUT2D eigenvalue weighted by atomic mass is 16.2. The average Bonchev–Trinajstić information content (AvgIpc) is 4.04. The van der Waals surface area contributed by atoms with Gasteiger partial charge in [-0.1, -0.05) is 19.1 Å². The van der Waals surface area contributed by atoms with Gasteiger partial charge in [0.2, 0.25) is 5.91 Å². The largest absolute Gasteiger partial charge is 0.393 e. The second-order valence-corrected chi connectivity index (χ2v) is 14.3. The van der Waals surface area contributed by atoms with Crippen LogP contribution >= 0.6 is 0 Å². The molecule has 3 fully saturated rings. The number of benzene rings is 1. The summed E-state index contributed by atoms with van der Waals surface area (Å²) < 4.78 is 2.18. The Hall–Kier alpha value is -5.37. The maximum atomic E-state index is 13.1. The molecule has 7 rings (SSSR count). The number of carbonyl (C=O) groups excluding carboxylic acids is 3. The summed E-state index contributed by atoms with van der Waals surface area (Å²) in [5.74, 6) is -0.481. The Morgan fingerprint density at radius 2 is 1.78 bits per heavy atom. The predicted molar refractivity (Wildman–Crippen MR) is 195 cm³/mol. The molecule has 14 heteroatoms. The van der Waals surface area contributed by atoms with Gasteiger partial charge in [0.1, 0.15) is 11.5 Å². The topological polar surface area (TPSA) is 180 Å². The van der Waals surface area contributed by atoms with E-state index in [4.69, 9.17) is 16.6 Å². The van der Waals surface area contributed by atoms with Crippen molar-refractivity contribution in [3.05, 3.63) is 83.0 Å². The fraction of sp³-hybridized carbons (Fsp3) is 0.432. The van der Waals surface area contributed by atoms with Crippen LogP contribution in [0, 0.1) is 5.92 Å². The molecule has 4 aliphatic rings. The molecular weight excluding hydrogens is 646 g/mol. The summed E-state index contributed by atoms with van der Waals surface area (Å²) in [6, 6.07) is 10.1. The van der Waals surface area contributed by atoms with Crippen molar-refractivity contribution < 1.29 is 14.4 Å². The average molecular weight is 694 g/mol. The number of amides is 3. The van der Waals surface area contributed by atoms with Crippen LogP contribution < -0.4 is 32.3 Å². The van der Waals surface area contributed by atoms with Crippen molar-refractivity contribution in [3.63, 3.8) is 0 Å². The first-order valence-electron chi connectivity index (χ1n) is 17.7. The number of rotatable bonds is 12. The number of allylic oxidation sites excluding steroid dienone is 1. The van der Waals surface area contributed by atoms with E-state index in [0.717, 1.165) is 73.4 Å². The Morgan fingerprint density at radius 1 is 1.02 bits per heavy atom. The number of nitrogens with zero attached hydrogens (tertiary/aromatic N) is 6. The number of likely N-dealkylation sites (tertiary alicyclic amines) is 1. The van der Waals surface area contributed by atoms with Crippen molar-refractivity contribution in [2.75, 3.05) is 44.4 Å². The molecule has 3 amide bonds. The maximum Gasteiger partial charge on any atom is 0.269 e. The lowest BCUT2D eigenvalue weighted by Gasteiger charge is -2.43. The number of anilines is 2. The van der Waals surface area contributed by atoms with E-state index in [9.17, 15) is 14.4 Å². The summed E-state index contributed by atoms with van der Waals surface area (Å²) >= 11 is 0. The van der Waals surface area contributed by atoms with E-state index in [1.54, 1.807) is 25.2 Å². The molecule has 268 valence electrons. The summed E-state index contributed by atoms with van der Waals surface area (Å²) in [5, 5.41) is 14.1. The van der Waals surface area contributed by atoms with Crippen molar-refractivity contribution in [1.82, 2.24) is 35.2 Å². The molecule has 1 atom stereocenters. The summed E-state index contributed by atoms with van der Waals surface area (Å²) in [4.78, 5) is 48.5.